The molecule has 0 bridgehead atoms. The summed E-state index contributed by atoms with van der Waals surface area (Å²) in [5, 5.41) is 3.11. The lowest BCUT2D eigenvalue weighted by Crippen LogP contribution is -2.58. The first kappa shape index (κ1) is 14.5. The maximum atomic E-state index is 12.0. The summed E-state index contributed by atoms with van der Waals surface area (Å²) < 4.78 is 5.15. The molecule has 0 aliphatic carbocycles. The number of nitrogens with zero attached hydrogens (tertiary/aromatic N) is 1. The molecule has 0 amide bonds. The molecule has 1 aliphatic heterocycles. The molecule has 1 aliphatic rings. The highest BCUT2D eigenvalue weighted by Crippen LogP contribution is 2.29. The number of likely N-dealkylation sites (tertiary alicyclic amines) is 1. The van der Waals surface area contributed by atoms with E-state index in [-0.39, 0.29) is 11.5 Å². The predicted molar refractivity (Wildman–Crippen MR) is 69.0 cm³/mol. The fourth-order valence-electron chi connectivity index (χ4n) is 2.37. The minimum absolute atomic E-state index is 0.162. The van der Waals surface area contributed by atoms with Gasteiger partial charge in [-0.2, -0.15) is 0 Å². The van der Waals surface area contributed by atoms with Crippen molar-refractivity contribution in [1.82, 2.24) is 10.2 Å². The number of rotatable bonds is 5. The van der Waals surface area contributed by atoms with Crippen molar-refractivity contribution >= 4 is 5.97 Å². The number of hydrogen-bond donors (Lipinski definition) is 1. The summed E-state index contributed by atoms with van der Waals surface area (Å²) in [6.07, 6.45) is 2.39. The highest BCUT2D eigenvalue weighted by molar-refractivity contribution is 5.80. The molecule has 17 heavy (non-hydrogen) atoms. The van der Waals surface area contributed by atoms with Crippen molar-refractivity contribution in [3.8, 4) is 0 Å². The highest BCUT2D eigenvalue weighted by Gasteiger charge is 2.41. The van der Waals surface area contributed by atoms with Gasteiger partial charge in [0.15, 0.2) is 0 Å². The van der Waals surface area contributed by atoms with Gasteiger partial charge in [-0.25, -0.2) is 0 Å². The van der Waals surface area contributed by atoms with Crippen molar-refractivity contribution in [2.45, 2.75) is 51.6 Å². The molecule has 1 N–H and O–H groups in total. The molecule has 0 aromatic carbocycles. The average Bonchev–Trinajstić information content (AvgIpc) is 2.58. The summed E-state index contributed by atoms with van der Waals surface area (Å²) in [4.78, 5) is 14.4. The summed E-state index contributed by atoms with van der Waals surface area (Å²) in [5.74, 6) is -0.162. The molecule has 1 atom stereocenters. The van der Waals surface area contributed by atoms with Crippen LogP contribution in [0, 0.1) is 0 Å². The van der Waals surface area contributed by atoms with Crippen molar-refractivity contribution in [3.63, 3.8) is 0 Å². The van der Waals surface area contributed by atoms with Crippen LogP contribution in [0.5, 0.6) is 0 Å². The Bertz CT molecular complexity index is 279. The van der Waals surface area contributed by atoms with Crippen molar-refractivity contribution in [3.05, 3.63) is 0 Å². The number of hydrogen-bond acceptors (Lipinski definition) is 4. The van der Waals surface area contributed by atoms with Gasteiger partial charge in [0.1, 0.15) is 5.54 Å². The quantitative estimate of drug-likeness (QED) is 0.740. The zero-order valence-corrected chi connectivity index (χ0v) is 11.8. The largest absolute Gasteiger partial charge is 0.465 e. The Balaban J connectivity index is 2.71. The van der Waals surface area contributed by atoms with Gasteiger partial charge in [-0.15, -0.1) is 0 Å². The fraction of sp³-hybridized carbons (Fsp3) is 0.923. The van der Waals surface area contributed by atoms with Crippen LogP contribution in [0.2, 0.25) is 0 Å². The van der Waals surface area contributed by atoms with Crippen LogP contribution in [0.1, 0.15) is 40.5 Å². The molecule has 4 heteroatoms. The average molecular weight is 242 g/mol. The van der Waals surface area contributed by atoms with E-state index in [9.17, 15) is 4.79 Å². The number of ether oxygens (including phenoxy) is 1. The minimum atomic E-state index is -0.613. The van der Waals surface area contributed by atoms with E-state index in [4.69, 9.17) is 4.74 Å². The summed E-state index contributed by atoms with van der Waals surface area (Å²) >= 11 is 0. The maximum Gasteiger partial charge on any atom is 0.327 e. The first-order chi connectivity index (χ1) is 7.85. The minimum Gasteiger partial charge on any atom is -0.465 e. The van der Waals surface area contributed by atoms with Gasteiger partial charge in [0.2, 0.25) is 0 Å². The van der Waals surface area contributed by atoms with E-state index >= 15 is 0 Å². The standard InChI is InChI=1S/C13H26N2O2/c1-6-17-11(16)13(4,14-5)10-15-9-7-8-12(15,2)3/h14H,6-10H2,1-5H3. The molecule has 1 saturated heterocycles. The molecule has 0 aromatic heterocycles. The van der Waals surface area contributed by atoms with Gasteiger partial charge in [0.05, 0.1) is 6.61 Å². The van der Waals surface area contributed by atoms with Crippen molar-refractivity contribution in [2.75, 3.05) is 26.7 Å². The van der Waals surface area contributed by atoms with Gasteiger partial charge >= 0.3 is 5.97 Å². The molecule has 0 spiro atoms. The molecule has 0 aromatic rings. The predicted octanol–water partition coefficient (Wildman–Crippen LogP) is 1.40. The van der Waals surface area contributed by atoms with Crippen LogP contribution in [-0.4, -0.2) is 48.7 Å². The van der Waals surface area contributed by atoms with E-state index in [1.807, 2.05) is 20.9 Å². The van der Waals surface area contributed by atoms with Crippen molar-refractivity contribution in [1.29, 1.82) is 0 Å². The second kappa shape index (κ2) is 5.36. The summed E-state index contributed by atoms with van der Waals surface area (Å²) in [6, 6.07) is 0. The normalized spacial score (nSPS) is 23.4. The second-order valence-electron chi connectivity index (χ2n) is 5.64. The van der Waals surface area contributed by atoms with Gasteiger partial charge in [0, 0.05) is 12.1 Å². The van der Waals surface area contributed by atoms with Crippen LogP contribution in [0.15, 0.2) is 0 Å². The van der Waals surface area contributed by atoms with Gasteiger partial charge in [0.25, 0.3) is 0 Å². The Labute approximate surface area is 105 Å². The van der Waals surface area contributed by atoms with Crippen LogP contribution in [0.4, 0.5) is 0 Å². The topological polar surface area (TPSA) is 41.6 Å². The number of likely N-dealkylation sites (N-methyl/N-ethyl adjacent to an activating group) is 1. The lowest BCUT2D eigenvalue weighted by Gasteiger charge is -2.38. The Hall–Kier alpha value is -0.610. The van der Waals surface area contributed by atoms with Crippen LogP contribution in [0.25, 0.3) is 0 Å². The van der Waals surface area contributed by atoms with E-state index in [2.05, 4.69) is 24.1 Å². The third-order valence-electron chi connectivity index (χ3n) is 3.86. The fourth-order valence-corrected chi connectivity index (χ4v) is 2.37. The van der Waals surface area contributed by atoms with Gasteiger partial charge < -0.3 is 10.1 Å². The Morgan fingerprint density at radius 1 is 1.53 bits per heavy atom. The van der Waals surface area contributed by atoms with Crippen LogP contribution >= 0.6 is 0 Å². The van der Waals surface area contributed by atoms with Gasteiger partial charge in [-0.05, 0) is 54.1 Å². The molecule has 1 heterocycles. The monoisotopic (exact) mass is 242 g/mol. The molecular formula is C13H26N2O2. The van der Waals surface area contributed by atoms with E-state index in [0.717, 1.165) is 6.54 Å². The van der Waals surface area contributed by atoms with E-state index < -0.39 is 5.54 Å². The Morgan fingerprint density at radius 3 is 2.59 bits per heavy atom. The van der Waals surface area contributed by atoms with Gasteiger partial charge in [-0.1, -0.05) is 0 Å². The summed E-state index contributed by atoms with van der Waals surface area (Å²) in [7, 11) is 1.82. The molecule has 1 fully saturated rings. The van der Waals surface area contributed by atoms with Crippen LogP contribution < -0.4 is 5.32 Å². The first-order valence-corrected chi connectivity index (χ1v) is 6.47. The summed E-state index contributed by atoms with van der Waals surface area (Å²) in [6.45, 7) is 10.4. The highest BCUT2D eigenvalue weighted by atomic mass is 16.5. The SMILES string of the molecule is CCOC(=O)C(C)(CN1CCCC1(C)C)NC. The lowest BCUT2D eigenvalue weighted by atomic mass is 9.97. The third kappa shape index (κ3) is 3.19. The zero-order chi connectivity index (χ0) is 13.1. The summed E-state index contributed by atoms with van der Waals surface area (Å²) in [5.41, 5.74) is -0.428. The molecule has 1 unspecified atom stereocenters. The molecular weight excluding hydrogens is 216 g/mol. The third-order valence-corrected chi connectivity index (χ3v) is 3.86. The maximum absolute atomic E-state index is 12.0. The molecule has 0 saturated carbocycles. The number of esters is 1. The van der Waals surface area contributed by atoms with Crippen molar-refractivity contribution in [2.24, 2.45) is 0 Å². The number of carbonyl (C=O) groups is 1. The Kier molecular flexibility index (Phi) is 4.55. The van der Waals surface area contributed by atoms with E-state index in [1.54, 1.807) is 0 Å². The number of nitrogens with one attached hydrogen (secondary N) is 1. The number of carbonyl (C=O) groups excluding carboxylic acids is 1. The van der Waals surface area contributed by atoms with E-state index in [1.165, 1.54) is 12.8 Å². The zero-order valence-electron chi connectivity index (χ0n) is 11.8. The van der Waals surface area contributed by atoms with Crippen LogP contribution in [0.3, 0.4) is 0 Å². The second-order valence-corrected chi connectivity index (χ2v) is 5.64. The Morgan fingerprint density at radius 2 is 2.18 bits per heavy atom. The molecule has 1 rings (SSSR count). The molecule has 4 nitrogen and oxygen atoms in total. The molecule has 0 radical (unpaired) electrons. The van der Waals surface area contributed by atoms with E-state index in [0.29, 0.717) is 13.2 Å². The smallest absolute Gasteiger partial charge is 0.327 e. The van der Waals surface area contributed by atoms with Crippen LogP contribution in [-0.2, 0) is 9.53 Å². The van der Waals surface area contributed by atoms with Gasteiger partial charge in [-0.3, -0.25) is 9.69 Å². The van der Waals surface area contributed by atoms with Crippen molar-refractivity contribution < 1.29 is 9.53 Å². The lowest BCUT2D eigenvalue weighted by molar-refractivity contribution is -0.151. The first-order valence-electron chi connectivity index (χ1n) is 6.47. The molecule has 100 valence electrons.